The number of thiazole rings is 1. The summed E-state index contributed by atoms with van der Waals surface area (Å²) < 4.78 is 12.4. The first-order valence-corrected chi connectivity index (χ1v) is 21.0. The number of urea groups is 1. The lowest BCUT2D eigenvalue weighted by molar-refractivity contribution is -0.146. The largest absolute Gasteiger partial charge is 0.496 e. The molecule has 3 aliphatic carbocycles. The number of aromatic nitrogens is 2. The molecule has 7 rings (SSSR count). The Labute approximate surface area is 337 Å². The number of methoxy groups -OCH3 is 1. The van der Waals surface area contributed by atoms with Crippen LogP contribution in [0.4, 0.5) is 9.93 Å². The zero-order valence-corrected chi connectivity index (χ0v) is 34.3. The molecule has 1 aliphatic heterocycles. The lowest BCUT2D eigenvalue weighted by Gasteiger charge is -2.35. The number of fused-ring (bicyclic) bond motifs is 1. The Morgan fingerprint density at radius 3 is 2.37 bits per heavy atom. The third-order valence-corrected chi connectivity index (χ3v) is 12.8. The quantitative estimate of drug-likeness (QED) is 0.125. The van der Waals surface area contributed by atoms with Crippen LogP contribution >= 0.6 is 11.3 Å². The molecule has 2 aromatic heterocycles. The molecule has 5 N–H and O–H groups in total. The molecule has 0 bridgehead atoms. The second-order valence-electron chi connectivity index (χ2n) is 17.2. The van der Waals surface area contributed by atoms with Crippen molar-refractivity contribution in [3.8, 4) is 22.9 Å². The molecule has 3 heterocycles. The molecule has 14 nitrogen and oxygen atoms in total. The van der Waals surface area contributed by atoms with Crippen LogP contribution < -0.4 is 30.7 Å². The smallest absolute Gasteiger partial charge is 0.330 e. The number of carboxylic acid groups (broad SMARTS) is 1. The predicted octanol–water partition coefficient (Wildman–Crippen LogP) is 6.18. The van der Waals surface area contributed by atoms with Crippen LogP contribution in [0.2, 0.25) is 0 Å². The van der Waals surface area contributed by atoms with Crippen LogP contribution in [0.5, 0.6) is 11.5 Å². The fourth-order valence-corrected chi connectivity index (χ4v) is 9.43. The van der Waals surface area contributed by atoms with Gasteiger partial charge in [-0.2, -0.15) is 0 Å². The van der Waals surface area contributed by atoms with Crippen molar-refractivity contribution < 1.29 is 33.8 Å². The minimum atomic E-state index is -1.50. The zero-order valence-electron chi connectivity index (χ0n) is 33.5. The van der Waals surface area contributed by atoms with Gasteiger partial charge in [-0.15, -0.1) is 17.9 Å². The topological polar surface area (TPSA) is 184 Å². The average molecular weight is 802 g/mol. The van der Waals surface area contributed by atoms with Gasteiger partial charge in [0.25, 0.3) is 0 Å². The van der Waals surface area contributed by atoms with E-state index in [2.05, 4.69) is 27.8 Å². The van der Waals surface area contributed by atoms with Crippen molar-refractivity contribution in [3.05, 3.63) is 41.8 Å². The van der Waals surface area contributed by atoms with E-state index in [0.29, 0.717) is 34.4 Å². The SMILES string of the molecule is C=C[C@@H]1C[C@]1(NC(=O)[C@@H]1C[C@@H](Oc2cc(-c3csc(NC4CCCC4)n3)nc3c(C)c(OC)ccc23)CN1C(=O)[C@@H](NC(=O)NC1CCCC1)C(C)(C)C)C(=O)O. The number of carbonyl (C=O) groups excluding carboxylic acids is 3. The van der Waals surface area contributed by atoms with Gasteiger partial charge >= 0.3 is 12.0 Å². The van der Waals surface area contributed by atoms with Crippen molar-refractivity contribution in [3.63, 3.8) is 0 Å². The van der Waals surface area contributed by atoms with Crippen LogP contribution in [-0.4, -0.2) is 93.3 Å². The van der Waals surface area contributed by atoms with E-state index in [4.69, 9.17) is 19.4 Å². The Balaban J connectivity index is 1.20. The molecular formula is C42H55N7O7S. The van der Waals surface area contributed by atoms with Crippen molar-refractivity contribution in [2.45, 2.75) is 128 Å². The predicted molar refractivity (Wildman–Crippen MR) is 219 cm³/mol. The first-order valence-electron chi connectivity index (χ1n) is 20.1. The monoisotopic (exact) mass is 801 g/mol. The minimum absolute atomic E-state index is 0.0147. The molecular weight excluding hydrogens is 747 g/mol. The van der Waals surface area contributed by atoms with E-state index in [1.165, 1.54) is 35.2 Å². The van der Waals surface area contributed by atoms with Gasteiger partial charge in [-0.1, -0.05) is 52.5 Å². The van der Waals surface area contributed by atoms with Gasteiger partial charge in [-0.3, -0.25) is 9.59 Å². The number of amides is 4. The molecule has 3 saturated carbocycles. The Bertz CT molecular complexity index is 2040. The maximum Gasteiger partial charge on any atom is 0.330 e. The number of likely N-dealkylation sites (tertiary alicyclic amines) is 1. The third kappa shape index (κ3) is 8.39. The summed E-state index contributed by atoms with van der Waals surface area (Å²) in [4.78, 5) is 65.9. The fourth-order valence-electron chi connectivity index (χ4n) is 8.65. The highest BCUT2D eigenvalue weighted by molar-refractivity contribution is 7.14. The van der Waals surface area contributed by atoms with Crippen molar-refractivity contribution in [1.82, 2.24) is 30.8 Å². The number of nitrogens with zero attached hydrogens (tertiary/aromatic N) is 3. The van der Waals surface area contributed by atoms with Gasteiger partial charge in [0.2, 0.25) is 11.8 Å². The number of anilines is 1. The van der Waals surface area contributed by atoms with Crippen LogP contribution in [0, 0.1) is 18.3 Å². The van der Waals surface area contributed by atoms with Gasteiger partial charge in [0, 0.05) is 46.8 Å². The molecule has 1 saturated heterocycles. The highest BCUT2D eigenvalue weighted by Crippen LogP contribution is 2.45. The molecule has 1 aromatic carbocycles. The van der Waals surface area contributed by atoms with Crippen LogP contribution in [0.25, 0.3) is 22.3 Å². The number of aryl methyl sites for hydroxylation is 1. The van der Waals surface area contributed by atoms with Gasteiger partial charge in [-0.25, -0.2) is 19.6 Å². The van der Waals surface area contributed by atoms with Gasteiger partial charge in [-0.05, 0) is 56.6 Å². The van der Waals surface area contributed by atoms with Gasteiger partial charge in [0.15, 0.2) is 5.13 Å². The second-order valence-corrected chi connectivity index (χ2v) is 18.0. The van der Waals surface area contributed by atoms with E-state index in [1.807, 2.05) is 51.3 Å². The molecule has 4 fully saturated rings. The minimum Gasteiger partial charge on any atom is -0.496 e. The van der Waals surface area contributed by atoms with Crippen molar-refractivity contribution in [1.29, 1.82) is 0 Å². The summed E-state index contributed by atoms with van der Waals surface area (Å²) in [5, 5.41) is 25.9. The molecule has 3 aromatic rings. The Morgan fingerprint density at radius 1 is 1.04 bits per heavy atom. The average Bonchev–Trinajstić information content (AvgIpc) is 3.81. The van der Waals surface area contributed by atoms with Gasteiger partial charge in [0.05, 0.1) is 24.9 Å². The normalized spacial score (nSPS) is 24.2. The summed E-state index contributed by atoms with van der Waals surface area (Å²) in [6, 6.07) is 3.50. The van der Waals surface area contributed by atoms with E-state index in [1.54, 1.807) is 7.11 Å². The molecule has 0 unspecified atom stereocenters. The lowest BCUT2D eigenvalue weighted by atomic mass is 9.85. The van der Waals surface area contributed by atoms with Gasteiger partial charge in [0.1, 0.15) is 40.9 Å². The molecule has 0 spiro atoms. The van der Waals surface area contributed by atoms with Crippen molar-refractivity contribution >= 4 is 51.2 Å². The number of aliphatic carboxylic acids is 1. The van der Waals surface area contributed by atoms with E-state index in [-0.39, 0.29) is 25.4 Å². The molecule has 0 radical (unpaired) electrons. The van der Waals surface area contributed by atoms with Gasteiger partial charge < -0.3 is 40.7 Å². The molecule has 5 atom stereocenters. The van der Waals surface area contributed by atoms with Crippen LogP contribution in [-0.2, 0) is 14.4 Å². The van der Waals surface area contributed by atoms with Crippen LogP contribution in [0.1, 0.15) is 90.5 Å². The first-order chi connectivity index (χ1) is 27.2. The van der Waals surface area contributed by atoms with Crippen LogP contribution in [0.3, 0.4) is 0 Å². The second kappa shape index (κ2) is 16.1. The van der Waals surface area contributed by atoms with Crippen molar-refractivity contribution in [2.75, 3.05) is 19.0 Å². The number of carbonyl (C=O) groups is 4. The molecule has 57 heavy (non-hydrogen) atoms. The number of nitrogens with one attached hydrogen (secondary N) is 4. The summed E-state index contributed by atoms with van der Waals surface area (Å²) in [7, 11) is 1.61. The molecule has 4 amide bonds. The standard InChI is InChI=1S/C42H55N7O7S/c1-7-24-20-42(24,38(52)53)48-36(50)31-18-27(21-49(31)37(51)35(41(3,4)5)47-39(54)43-25-12-8-9-13-25)56-33-19-29(45-34-23(2)32(55-6)17-16-28(33)34)30-22-57-40(46-30)44-26-14-10-11-15-26/h7,16-17,19,22,24-27,31,35H,1,8-15,18,20-21H2,2-6H3,(H,44,46)(H,48,50)(H,52,53)(H2,43,47,54)/t24-,27-,31+,35-,42-/m1/s1. The number of hydrogen-bond acceptors (Lipinski definition) is 10. The van der Waals surface area contributed by atoms with E-state index in [9.17, 15) is 24.3 Å². The zero-order chi connectivity index (χ0) is 40.6. The van der Waals surface area contributed by atoms with Crippen LogP contribution in [0.15, 0.2) is 36.2 Å². The number of pyridine rings is 1. The molecule has 306 valence electrons. The summed E-state index contributed by atoms with van der Waals surface area (Å²) in [6.45, 7) is 11.3. The Morgan fingerprint density at radius 2 is 1.74 bits per heavy atom. The van der Waals surface area contributed by atoms with Crippen molar-refractivity contribution in [2.24, 2.45) is 11.3 Å². The lowest BCUT2D eigenvalue weighted by Crippen LogP contribution is -2.60. The Kier molecular flexibility index (Phi) is 11.4. The Hall–Kier alpha value is -4.92. The molecule has 4 aliphatic rings. The number of hydrogen-bond donors (Lipinski definition) is 5. The highest BCUT2D eigenvalue weighted by Gasteiger charge is 2.61. The summed E-state index contributed by atoms with van der Waals surface area (Å²) in [5.41, 5.74) is 0.534. The summed E-state index contributed by atoms with van der Waals surface area (Å²) in [5.74, 6) is -1.50. The summed E-state index contributed by atoms with van der Waals surface area (Å²) in [6.07, 6.45) is 9.61. The van der Waals surface area contributed by atoms with E-state index < -0.39 is 58.9 Å². The third-order valence-electron chi connectivity index (χ3n) is 12.1. The fraction of sp³-hybridized carbons (Fsp3) is 0.571. The number of ether oxygens (including phenoxy) is 2. The summed E-state index contributed by atoms with van der Waals surface area (Å²) >= 11 is 1.53. The molecule has 15 heteroatoms. The number of carboxylic acids is 1. The highest BCUT2D eigenvalue weighted by atomic mass is 32.1. The number of rotatable bonds is 13. The number of benzene rings is 1. The van der Waals surface area contributed by atoms with E-state index >= 15 is 0 Å². The maximum atomic E-state index is 14.7. The maximum absolute atomic E-state index is 14.7. The van der Waals surface area contributed by atoms with E-state index in [0.717, 1.165) is 54.6 Å². The first kappa shape index (κ1) is 40.3.